The molecule has 0 saturated carbocycles. The van der Waals surface area contributed by atoms with Gasteiger partial charge >= 0.3 is 11.9 Å². The molecule has 0 spiro atoms. The van der Waals surface area contributed by atoms with Gasteiger partial charge in [-0.25, -0.2) is 0 Å². The second kappa shape index (κ2) is 38.6. The summed E-state index contributed by atoms with van der Waals surface area (Å²) in [4.78, 5) is 24.2. The molecule has 0 bridgehead atoms. The Morgan fingerprint density at radius 2 is 0.844 bits per heavy atom. The molecule has 1 unspecified atom stereocenters. The van der Waals surface area contributed by atoms with E-state index >= 15 is 0 Å². The second-order valence-electron chi connectivity index (χ2n) is 12.6. The Kier molecular flexibility index (Phi) is 39.0. The number of aliphatic hydroxyl groups is 1. The van der Waals surface area contributed by atoms with Gasteiger partial charge in [-0.05, 0) is 64.2 Å². The molecule has 45 heavy (non-hydrogen) atoms. The third-order valence-electron chi connectivity index (χ3n) is 8.22. The van der Waals surface area contributed by atoms with Crippen LogP contribution < -0.4 is 0 Å². The lowest BCUT2D eigenvalue weighted by Crippen LogP contribution is -2.28. The number of aliphatic hydroxyl groups excluding tert-OH is 1. The largest absolute Gasteiger partial charge is 0.462 e. The Balaban J connectivity index is 0. The van der Waals surface area contributed by atoms with Crippen molar-refractivity contribution in [3.05, 3.63) is 24.3 Å². The number of hydrogen-bond acceptors (Lipinski definition) is 5. The van der Waals surface area contributed by atoms with Crippen LogP contribution in [0.25, 0.3) is 0 Å². The molecule has 266 valence electrons. The Morgan fingerprint density at radius 3 is 1.22 bits per heavy atom. The molecule has 5 nitrogen and oxygen atoms in total. The highest BCUT2D eigenvalue weighted by atomic mass is 16.6. The molecular weight excluding hydrogens is 560 g/mol. The van der Waals surface area contributed by atoms with Gasteiger partial charge in [-0.2, -0.15) is 0 Å². The van der Waals surface area contributed by atoms with Crippen LogP contribution in [0.1, 0.15) is 201 Å². The van der Waals surface area contributed by atoms with Gasteiger partial charge < -0.3 is 14.6 Å². The molecule has 0 amide bonds. The molecule has 0 saturated heterocycles. The summed E-state index contributed by atoms with van der Waals surface area (Å²) >= 11 is 0. The SMILES string of the molecule is C.CCCCCCCC/C=C\CCCCCCCC(=O)OCC(CO)OC(=O)CCCCCCC/C=C\CCCCCCCC. The molecule has 0 aliphatic carbocycles. The van der Waals surface area contributed by atoms with E-state index in [0.717, 1.165) is 51.4 Å². The van der Waals surface area contributed by atoms with Gasteiger partial charge in [-0.15, -0.1) is 0 Å². The van der Waals surface area contributed by atoms with Crippen molar-refractivity contribution >= 4 is 11.9 Å². The smallest absolute Gasteiger partial charge is 0.306 e. The number of allylic oxidation sites excluding steroid dienone is 4. The minimum Gasteiger partial charge on any atom is -0.462 e. The monoisotopic (exact) mass is 637 g/mol. The van der Waals surface area contributed by atoms with Gasteiger partial charge in [-0.1, -0.05) is 148 Å². The van der Waals surface area contributed by atoms with Crippen LogP contribution in [-0.2, 0) is 19.1 Å². The van der Waals surface area contributed by atoms with Crippen molar-refractivity contribution in [2.75, 3.05) is 13.2 Å². The molecule has 0 fully saturated rings. The van der Waals surface area contributed by atoms with Gasteiger partial charge in [0.15, 0.2) is 6.10 Å². The van der Waals surface area contributed by atoms with E-state index in [-0.39, 0.29) is 32.6 Å². The van der Waals surface area contributed by atoms with Crippen LogP contribution in [0.2, 0.25) is 0 Å². The topological polar surface area (TPSA) is 72.8 Å². The maximum Gasteiger partial charge on any atom is 0.306 e. The summed E-state index contributed by atoms with van der Waals surface area (Å²) in [6.07, 6.45) is 40.9. The van der Waals surface area contributed by atoms with Crippen LogP contribution in [0, 0.1) is 0 Å². The van der Waals surface area contributed by atoms with Gasteiger partial charge in [0, 0.05) is 12.8 Å². The first kappa shape index (κ1) is 45.5. The third-order valence-corrected chi connectivity index (χ3v) is 8.22. The summed E-state index contributed by atoms with van der Waals surface area (Å²) in [6.45, 7) is 4.11. The summed E-state index contributed by atoms with van der Waals surface area (Å²) in [7, 11) is 0. The van der Waals surface area contributed by atoms with E-state index in [1.165, 1.54) is 116 Å². The summed E-state index contributed by atoms with van der Waals surface area (Å²) in [5, 5.41) is 9.53. The molecule has 5 heteroatoms. The predicted molar refractivity (Wildman–Crippen MR) is 194 cm³/mol. The fourth-order valence-corrected chi connectivity index (χ4v) is 5.31. The van der Waals surface area contributed by atoms with E-state index in [4.69, 9.17) is 9.47 Å². The zero-order chi connectivity index (χ0) is 32.2. The number of rotatable bonds is 34. The lowest BCUT2D eigenvalue weighted by atomic mass is 10.1. The van der Waals surface area contributed by atoms with E-state index in [2.05, 4.69) is 38.2 Å². The molecule has 1 atom stereocenters. The molecule has 0 heterocycles. The van der Waals surface area contributed by atoms with Crippen LogP contribution in [0.3, 0.4) is 0 Å². The Morgan fingerprint density at radius 1 is 0.511 bits per heavy atom. The lowest BCUT2D eigenvalue weighted by molar-refractivity contribution is -0.161. The van der Waals surface area contributed by atoms with Gasteiger partial charge in [0.05, 0.1) is 6.61 Å². The maximum absolute atomic E-state index is 12.1. The Labute approximate surface area is 280 Å². The molecule has 0 aromatic heterocycles. The highest BCUT2D eigenvalue weighted by Gasteiger charge is 2.16. The average Bonchev–Trinajstić information content (AvgIpc) is 3.02. The Bertz CT molecular complexity index is 672. The average molecular weight is 637 g/mol. The molecular formula is C40H76O5. The minimum absolute atomic E-state index is 0. The maximum atomic E-state index is 12.1. The van der Waals surface area contributed by atoms with Gasteiger partial charge in [0.25, 0.3) is 0 Å². The van der Waals surface area contributed by atoms with E-state index in [9.17, 15) is 14.7 Å². The fourth-order valence-electron chi connectivity index (χ4n) is 5.31. The highest BCUT2D eigenvalue weighted by Crippen LogP contribution is 2.12. The number of carbonyl (C=O) groups is 2. The van der Waals surface area contributed by atoms with Crippen LogP contribution in [0.5, 0.6) is 0 Å². The normalized spacial score (nSPS) is 12.1. The number of hydrogen-bond donors (Lipinski definition) is 1. The van der Waals surface area contributed by atoms with Crippen LogP contribution in [0.15, 0.2) is 24.3 Å². The fraction of sp³-hybridized carbons (Fsp3) is 0.850. The standard InChI is InChI=1S/C39H72O5.CH4/c1-3-5-7-9-11-13-15-17-19-21-23-25-27-29-31-33-38(41)43-36-37(35-40)44-39(42)34-32-30-28-26-24-22-20-18-16-14-12-10-8-6-4-2;/h17-20,37,40H,3-16,21-36H2,1-2H3;1H4/b19-17-,20-18-;. The number of ether oxygens (including phenoxy) is 2. The van der Waals surface area contributed by atoms with Gasteiger partial charge in [-0.3, -0.25) is 9.59 Å². The highest BCUT2D eigenvalue weighted by molar-refractivity contribution is 5.70. The van der Waals surface area contributed by atoms with Crippen LogP contribution in [-0.4, -0.2) is 36.4 Å². The number of esters is 2. The third kappa shape index (κ3) is 36.7. The van der Waals surface area contributed by atoms with Crippen molar-refractivity contribution in [3.8, 4) is 0 Å². The van der Waals surface area contributed by atoms with Crippen molar-refractivity contribution in [2.45, 2.75) is 207 Å². The molecule has 0 radical (unpaired) electrons. The van der Waals surface area contributed by atoms with E-state index < -0.39 is 6.10 Å². The van der Waals surface area contributed by atoms with Crippen molar-refractivity contribution in [1.29, 1.82) is 0 Å². The lowest BCUT2D eigenvalue weighted by Gasteiger charge is -2.15. The second-order valence-corrected chi connectivity index (χ2v) is 12.6. The first-order chi connectivity index (χ1) is 21.6. The predicted octanol–water partition coefficient (Wildman–Crippen LogP) is 12.1. The van der Waals surface area contributed by atoms with E-state index in [1.54, 1.807) is 0 Å². The van der Waals surface area contributed by atoms with Gasteiger partial charge in [0.2, 0.25) is 0 Å². The van der Waals surface area contributed by atoms with Crippen molar-refractivity contribution in [3.63, 3.8) is 0 Å². The quantitative estimate of drug-likeness (QED) is 0.0432. The van der Waals surface area contributed by atoms with Crippen LogP contribution >= 0.6 is 0 Å². The molecule has 0 aliphatic heterocycles. The Hall–Kier alpha value is -1.62. The first-order valence-electron chi connectivity index (χ1n) is 18.9. The first-order valence-corrected chi connectivity index (χ1v) is 18.9. The van der Waals surface area contributed by atoms with Crippen molar-refractivity contribution < 1.29 is 24.2 Å². The summed E-state index contributed by atoms with van der Waals surface area (Å²) in [5.41, 5.74) is 0. The molecule has 0 aliphatic rings. The van der Waals surface area contributed by atoms with Crippen molar-refractivity contribution in [2.24, 2.45) is 0 Å². The summed E-state index contributed by atoms with van der Waals surface area (Å²) in [6, 6.07) is 0. The van der Waals surface area contributed by atoms with E-state index in [0.29, 0.717) is 12.8 Å². The molecule has 0 aromatic carbocycles. The number of carbonyl (C=O) groups excluding carboxylic acids is 2. The number of unbranched alkanes of at least 4 members (excludes halogenated alkanes) is 22. The molecule has 1 N–H and O–H groups in total. The molecule has 0 rings (SSSR count). The zero-order valence-corrected chi connectivity index (χ0v) is 29.2. The summed E-state index contributed by atoms with van der Waals surface area (Å²) in [5.74, 6) is -0.607. The zero-order valence-electron chi connectivity index (χ0n) is 29.2. The van der Waals surface area contributed by atoms with Crippen molar-refractivity contribution in [1.82, 2.24) is 0 Å². The molecule has 0 aromatic rings. The summed E-state index contributed by atoms with van der Waals surface area (Å²) < 4.78 is 10.6. The van der Waals surface area contributed by atoms with Crippen LogP contribution in [0.4, 0.5) is 0 Å². The minimum atomic E-state index is -0.774. The van der Waals surface area contributed by atoms with E-state index in [1.807, 2.05) is 0 Å². The van der Waals surface area contributed by atoms with Gasteiger partial charge in [0.1, 0.15) is 6.61 Å².